The van der Waals surface area contributed by atoms with Gasteiger partial charge >= 0.3 is 0 Å². The topological polar surface area (TPSA) is 62.8 Å². The monoisotopic (exact) mass is 433 g/mol. The van der Waals surface area contributed by atoms with Gasteiger partial charge < -0.3 is 20.1 Å². The van der Waals surface area contributed by atoms with Crippen molar-refractivity contribution in [3.8, 4) is 0 Å². The molecule has 0 bridgehead atoms. The van der Waals surface area contributed by atoms with Crippen LogP contribution in [0.1, 0.15) is 30.9 Å². The summed E-state index contributed by atoms with van der Waals surface area (Å²) in [6, 6.07) is 8.46. The molecule has 2 aliphatic rings. The van der Waals surface area contributed by atoms with Gasteiger partial charge in [-0.3, -0.25) is 9.69 Å². The first-order valence-electron chi connectivity index (χ1n) is 9.57. The van der Waals surface area contributed by atoms with Crippen LogP contribution < -0.4 is 10.6 Å². The summed E-state index contributed by atoms with van der Waals surface area (Å²) in [4.78, 5) is 15.1. The Balaban J connectivity index is 0.00000196. The summed E-state index contributed by atoms with van der Waals surface area (Å²) in [5, 5.41) is 6.35. The molecule has 3 rings (SSSR count). The number of ether oxygens (including phenoxy) is 2. The highest BCUT2D eigenvalue weighted by Gasteiger charge is 2.39. The van der Waals surface area contributed by atoms with Crippen LogP contribution in [-0.2, 0) is 27.4 Å². The number of nitrogens with zero attached hydrogens (tertiary/aromatic N) is 1. The average molecular weight is 434 g/mol. The number of piperidine rings is 1. The number of hydrogen-bond acceptors (Lipinski definition) is 5. The Bertz CT molecular complexity index is 612. The van der Waals surface area contributed by atoms with Crippen molar-refractivity contribution in [3.63, 3.8) is 0 Å². The largest absolute Gasteiger partial charge is 0.376 e. The summed E-state index contributed by atoms with van der Waals surface area (Å²) in [7, 11) is 1.63. The maximum absolute atomic E-state index is 12.7. The van der Waals surface area contributed by atoms with Crippen molar-refractivity contribution >= 4 is 30.7 Å². The van der Waals surface area contributed by atoms with Crippen LogP contribution in [0, 0.1) is 0 Å². The number of morpholine rings is 1. The Morgan fingerprint density at radius 3 is 2.71 bits per heavy atom. The average Bonchev–Trinajstić information content (AvgIpc) is 2.67. The minimum Gasteiger partial charge on any atom is -0.376 e. The Morgan fingerprint density at radius 1 is 1.32 bits per heavy atom. The van der Waals surface area contributed by atoms with Crippen molar-refractivity contribution in [2.24, 2.45) is 0 Å². The van der Waals surface area contributed by atoms with Crippen LogP contribution in [0.25, 0.3) is 0 Å². The third-order valence-electron chi connectivity index (χ3n) is 5.39. The number of methoxy groups -OCH3 is 1. The van der Waals surface area contributed by atoms with Gasteiger partial charge in [0.1, 0.15) is 5.60 Å². The standard InChI is InChI=1S/C20H31N3O3.2ClH/c1-16-14-23(10-11-26-16)15-18-5-3-4-17(12-18)13-22-19(24)20(25-2)6-8-21-9-7-20;;/h3-5,12,16,21H,6-11,13-15H2,1-2H3,(H,22,24);2*1H. The molecule has 2 heterocycles. The van der Waals surface area contributed by atoms with Crippen LogP contribution in [0.2, 0.25) is 0 Å². The Labute approximate surface area is 180 Å². The quantitative estimate of drug-likeness (QED) is 0.719. The molecule has 1 aromatic carbocycles. The molecule has 2 aliphatic heterocycles. The van der Waals surface area contributed by atoms with E-state index in [0.29, 0.717) is 25.5 Å². The predicted octanol–water partition coefficient (Wildman–Crippen LogP) is 2.14. The molecule has 2 saturated heterocycles. The van der Waals surface area contributed by atoms with Gasteiger partial charge in [0.05, 0.1) is 12.7 Å². The summed E-state index contributed by atoms with van der Waals surface area (Å²) in [5.41, 5.74) is 1.71. The molecule has 6 nitrogen and oxygen atoms in total. The molecule has 2 fully saturated rings. The Morgan fingerprint density at radius 2 is 2.04 bits per heavy atom. The number of nitrogens with one attached hydrogen (secondary N) is 2. The SMILES string of the molecule is COC1(C(=O)NCc2cccc(CN3CCOC(C)C3)c2)CCNCC1.Cl.Cl. The normalized spacial score (nSPS) is 21.9. The van der Waals surface area contributed by atoms with E-state index in [-0.39, 0.29) is 30.7 Å². The number of amides is 1. The summed E-state index contributed by atoms with van der Waals surface area (Å²) >= 11 is 0. The van der Waals surface area contributed by atoms with Crippen LogP contribution in [-0.4, -0.2) is 62.4 Å². The minimum atomic E-state index is -0.688. The smallest absolute Gasteiger partial charge is 0.252 e. The molecule has 0 radical (unpaired) electrons. The fraction of sp³-hybridized carbons (Fsp3) is 0.650. The van der Waals surface area contributed by atoms with Crippen molar-refractivity contribution in [1.82, 2.24) is 15.5 Å². The zero-order valence-electron chi connectivity index (χ0n) is 16.7. The van der Waals surface area contributed by atoms with Crippen molar-refractivity contribution in [2.75, 3.05) is 39.9 Å². The Kier molecular flexibility index (Phi) is 10.7. The van der Waals surface area contributed by atoms with Gasteiger partial charge in [-0.15, -0.1) is 24.8 Å². The predicted molar refractivity (Wildman–Crippen MR) is 115 cm³/mol. The van der Waals surface area contributed by atoms with Gasteiger partial charge in [-0.1, -0.05) is 24.3 Å². The molecular formula is C20H33Cl2N3O3. The van der Waals surface area contributed by atoms with Crippen LogP contribution >= 0.6 is 24.8 Å². The van der Waals surface area contributed by atoms with E-state index in [1.54, 1.807) is 7.11 Å². The van der Waals surface area contributed by atoms with Crippen molar-refractivity contribution < 1.29 is 14.3 Å². The van der Waals surface area contributed by atoms with Crippen LogP contribution in [0.5, 0.6) is 0 Å². The van der Waals surface area contributed by atoms with Gasteiger partial charge in [0.15, 0.2) is 0 Å². The number of rotatable bonds is 6. The van der Waals surface area contributed by atoms with E-state index in [1.807, 2.05) is 0 Å². The molecule has 1 atom stereocenters. The van der Waals surface area contributed by atoms with Crippen molar-refractivity contribution in [2.45, 2.75) is 44.6 Å². The zero-order valence-corrected chi connectivity index (χ0v) is 18.4. The molecule has 8 heteroatoms. The first kappa shape index (κ1) is 25.1. The number of carbonyl (C=O) groups excluding carboxylic acids is 1. The lowest BCUT2D eigenvalue weighted by Gasteiger charge is -2.34. The van der Waals surface area contributed by atoms with Crippen LogP contribution in [0.15, 0.2) is 24.3 Å². The van der Waals surface area contributed by atoms with Gasteiger partial charge in [0.25, 0.3) is 5.91 Å². The maximum Gasteiger partial charge on any atom is 0.252 e. The molecule has 0 spiro atoms. The van der Waals surface area contributed by atoms with Crippen molar-refractivity contribution in [1.29, 1.82) is 0 Å². The Hall–Kier alpha value is -0.890. The van der Waals surface area contributed by atoms with Gasteiger partial charge in [-0.25, -0.2) is 0 Å². The zero-order chi connectivity index (χ0) is 18.4. The van der Waals surface area contributed by atoms with Crippen LogP contribution in [0.4, 0.5) is 0 Å². The lowest BCUT2D eigenvalue weighted by molar-refractivity contribution is -0.146. The second-order valence-electron chi connectivity index (χ2n) is 7.37. The summed E-state index contributed by atoms with van der Waals surface area (Å²) in [5.74, 6) is -0.00564. The number of benzene rings is 1. The highest BCUT2D eigenvalue weighted by Crippen LogP contribution is 2.22. The number of hydrogen-bond donors (Lipinski definition) is 2. The molecule has 1 amide bonds. The number of halogens is 2. The molecule has 0 saturated carbocycles. The van der Waals surface area contributed by atoms with E-state index in [0.717, 1.165) is 44.9 Å². The molecule has 0 aromatic heterocycles. The lowest BCUT2D eigenvalue weighted by Crippen LogP contribution is -2.53. The van der Waals surface area contributed by atoms with Gasteiger partial charge in [0.2, 0.25) is 0 Å². The molecule has 2 N–H and O–H groups in total. The van der Waals surface area contributed by atoms with E-state index >= 15 is 0 Å². The maximum atomic E-state index is 12.7. The van der Waals surface area contributed by atoms with E-state index in [2.05, 4.69) is 46.7 Å². The van der Waals surface area contributed by atoms with Gasteiger partial charge in [0, 0.05) is 33.3 Å². The first-order valence-corrected chi connectivity index (χ1v) is 9.57. The second kappa shape index (κ2) is 12.0. The lowest BCUT2D eigenvalue weighted by atomic mass is 9.91. The summed E-state index contributed by atoms with van der Waals surface area (Å²) < 4.78 is 11.2. The van der Waals surface area contributed by atoms with E-state index in [4.69, 9.17) is 9.47 Å². The van der Waals surface area contributed by atoms with Gasteiger partial charge in [-0.05, 0) is 44.0 Å². The molecule has 1 aromatic rings. The number of carbonyl (C=O) groups is 1. The van der Waals surface area contributed by atoms with Gasteiger partial charge in [-0.2, -0.15) is 0 Å². The van der Waals surface area contributed by atoms with E-state index in [9.17, 15) is 4.79 Å². The third-order valence-corrected chi connectivity index (χ3v) is 5.39. The molecule has 160 valence electrons. The second-order valence-corrected chi connectivity index (χ2v) is 7.37. The molecule has 0 aliphatic carbocycles. The fourth-order valence-corrected chi connectivity index (χ4v) is 3.83. The highest BCUT2D eigenvalue weighted by atomic mass is 35.5. The molecule has 28 heavy (non-hydrogen) atoms. The third kappa shape index (κ3) is 6.58. The summed E-state index contributed by atoms with van der Waals surface area (Å²) in [6.45, 7) is 7.92. The molecular weight excluding hydrogens is 401 g/mol. The fourth-order valence-electron chi connectivity index (χ4n) is 3.83. The van der Waals surface area contributed by atoms with E-state index < -0.39 is 5.60 Å². The first-order chi connectivity index (χ1) is 12.6. The minimum absolute atomic E-state index is 0. The van der Waals surface area contributed by atoms with E-state index in [1.165, 1.54) is 5.56 Å². The van der Waals surface area contributed by atoms with Crippen LogP contribution in [0.3, 0.4) is 0 Å². The van der Waals surface area contributed by atoms with Crippen molar-refractivity contribution in [3.05, 3.63) is 35.4 Å². The molecule has 1 unspecified atom stereocenters. The summed E-state index contributed by atoms with van der Waals surface area (Å²) in [6.07, 6.45) is 1.72. The highest BCUT2D eigenvalue weighted by molar-refractivity contribution is 5.86.